The molecule has 8 heteroatoms. The number of rotatable bonds is 5. The van der Waals surface area contributed by atoms with Gasteiger partial charge in [-0.25, -0.2) is 5.43 Å². The summed E-state index contributed by atoms with van der Waals surface area (Å²) in [5, 5.41) is 15.5. The molecule has 0 aliphatic heterocycles. The Morgan fingerprint density at radius 1 is 1.32 bits per heavy atom. The molecule has 2 aromatic carbocycles. The number of hydrazone groups is 1. The van der Waals surface area contributed by atoms with Gasteiger partial charge < -0.3 is 0 Å². The summed E-state index contributed by atoms with van der Waals surface area (Å²) in [6.45, 7) is 2.00. The molecule has 3 aromatic rings. The van der Waals surface area contributed by atoms with E-state index < -0.39 is 4.92 Å². The second-order valence-electron chi connectivity index (χ2n) is 5.45. The number of nitro benzene ring substituents is 1. The average Bonchev–Trinajstić information content (AvgIpc) is 2.97. The van der Waals surface area contributed by atoms with E-state index in [4.69, 9.17) is 0 Å². The smallest absolute Gasteiger partial charge is 0.269 e. The van der Waals surface area contributed by atoms with Crippen molar-refractivity contribution in [3.05, 3.63) is 69.4 Å². The topological polar surface area (TPSA) is 97.5 Å². The maximum absolute atomic E-state index is 12.0. The van der Waals surface area contributed by atoms with E-state index in [-0.39, 0.29) is 18.0 Å². The van der Waals surface area contributed by atoms with Crippen LogP contribution in [0.3, 0.4) is 0 Å². The highest BCUT2D eigenvalue weighted by Crippen LogP contribution is 2.24. The van der Waals surface area contributed by atoms with Crippen LogP contribution in [0.5, 0.6) is 0 Å². The molecule has 0 spiro atoms. The van der Waals surface area contributed by atoms with Gasteiger partial charge in [0.1, 0.15) is 0 Å². The van der Waals surface area contributed by atoms with Gasteiger partial charge in [-0.05, 0) is 48.3 Å². The van der Waals surface area contributed by atoms with Crippen LogP contribution in [0.25, 0.3) is 10.1 Å². The number of benzene rings is 2. The van der Waals surface area contributed by atoms with Gasteiger partial charge in [0, 0.05) is 17.5 Å². The molecule has 1 heterocycles. The molecule has 126 valence electrons. The van der Waals surface area contributed by atoms with Crippen LogP contribution < -0.4 is 5.43 Å². The minimum absolute atomic E-state index is 0.00638. The van der Waals surface area contributed by atoms with Gasteiger partial charge in [0.2, 0.25) is 5.91 Å². The Balaban J connectivity index is 1.62. The summed E-state index contributed by atoms with van der Waals surface area (Å²) in [7, 11) is 0. The van der Waals surface area contributed by atoms with E-state index in [1.807, 2.05) is 25.1 Å². The molecule has 3 rings (SSSR count). The fourth-order valence-electron chi connectivity index (χ4n) is 2.28. The SMILES string of the molecule is Cc1ccc2snc(CC(=O)N/N=C/c3ccc([N+](=O)[O-])cc3)c2c1. The highest BCUT2D eigenvalue weighted by molar-refractivity contribution is 7.13. The lowest BCUT2D eigenvalue weighted by molar-refractivity contribution is -0.384. The van der Waals surface area contributed by atoms with Crippen molar-refractivity contribution in [2.24, 2.45) is 5.10 Å². The maximum atomic E-state index is 12.0. The molecule has 1 amide bonds. The third-order valence-corrected chi connectivity index (χ3v) is 4.40. The third-order valence-electron chi connectivity index (χ3n) is 3.53. The molecule has 0 unspecified atom stereocenters. The summed E-state index contributed by atoms with van der Waals surface area (Å²) >= 11 is 1.37. The monoisotopic (exact) mass is 354 g/mol. The van der Waals surface area contributed by atoms with E-state index >= 15 is 0 Å². The summed E-state index contributed by atoms with van der Waals surface area (Å²) in [6.07, 6.45) is 1.58. The number of carbonyl (C=O) groups is 1. The zero-order valence-electron chi connectivity index (χ0n) is 13.3. The molecule has 0 saturated heterocycles. The normalized spacial score (nSPS) is 11.1. The van der Waals surface area contributed by atoms with Gasteiger partial charge >= 0.3 is 0 Å². The zero-order valence-corrected chi connectivity index (χ0v) is 14.1. The predicted molar refractivity (Wildman–Crippen MR) is 96.9 cm³/mol. The Labute approximate surface area is 147 Å². The largest absolute Gasteiger partial charge is 0.273 e. The van der Waals surface area contributed by atoms with Gasteiger partial charge in [-0.3, -0.25) is 14.9 Å². The number of non-ortho nitro benzene ring substituents is 1. The van der Waals surface area contributed by atoms with Gasteiger partial charge in [0.15, 0.2) is 0 Å². The number of fused-ring (bicyclic) bond motifs is 1. The van der Waals surface area contributed by atoms with Gasteiger partial charge in [-0.2, -0.15) is 9.47 Å². The number of amides is 1. The van der Waals surface area contributed by atoms with Crippen LogP contribution >= 0.6 is 11.5 Å². The Kier molecular flexibility index (Phi) is 4.80. The highest BCUT2D eigenvalue weighted by Gasteiger charge is 2.10. The average molecular weight is 354 g/mol. The van der Waals surface area contributed by atoms with Gasteiger partial charge in [0.25, 0.3) is 5.69 Å². The van der Waals surface area contributed by atoms with Crippen molar-refractivity contribution < 1.29 is 9.72 Å². The van der Waals surface area contributed by atoms with E-state index in [1.54, 1.807) is 12.1 Å². The molecular weight excluding hydrogens is 340 g/mol. The highest BCUT2D eigenvalue weighted by atomic mass is 32.1. The molecule has 0 fully saturated rings. The number of hydrogen-bond donors (Lipinski definition) is 1. The summed E-state index contributed by atoms with van der Waals surface area (Å²) in [6, 6.07) is 11.9. The Morgan fingerprint density at radius 3 is 2.80 bits per heavy atom. The van der Waals surface area contributed by atoms with Crippen LogP contribution in [0.2, 0.25) is 0 Å². The second kappa shape index (κ2) is 7.18. The second-order valence-corrected chi connectivity index (χ2v) is 6.25. The number of hydrogen-bond acceptors (Lipinski definition) is 6. The van der Waals surface area contributed by atoms with Crippen LogP contribution in [-0.4, -0.2) is 21.4 Å². The first-order chi connectivity index (χ1) is 12.0. The minimum Gasteiger partial charge on any atom is -0.273 e. The van der Waals surface area contributed by atoms with Gasteiger partial charge in [0.05, 0.1) is 28.0 Å². The fraction of sp³-hybridized carbons (Fsp3) is 0.118. The third kappa shape index (κ3) is 4.04. The molecule has 7 nitrogen and oxygen atoms in total. The molecule has 0 saturated carbocycles. The van der Waals surface area contributed by atoms with Crippen LogP contribution in [0, 0.1) is 17.0 Å². The van der Waals surface area contributed by atoms with E-state index in [9.17, 15) is 14.9 Å². The molecule has 0 atom stereocenters. The van der Waals surface area contributed by atoms with E-state index in [1.165, 1.54) is 29.9 Å². The quantitative estimate of drug-likeness (QED) is 0.432. The van der Waals surface area contributed by atoms with Crippen molar-refractivity contribution >= 4 is 39.4 Å². The molecular formula is C17H14N4O3S. The molecule has 25 heavy (non-hydrogen) atoms. The number of aryl methyl sites for hydroxylation is 1. The number of nitro groups is 1. The van der Waals surface area contributed by atoms with Crippen molar-refractivity contribution in [1.29, 1.82) is 0 Å². The molecule has 0 aliphatic carbocycles. The van der Waals surface area contributed by atoms with Crippen molar-refractivity contribution in [2.75, 3.05) is 0 Å². The number of carbonyl (C=O) groups excluding carboxylic acids is 1. The number of aromatic nitrogens is 1. The summed E-state index contributed by atoms with van der Waals surface area (Å²) in [5.74, 6) is -0.271. The van der Waals surface area contributed by atoms with Crippen LogP contribution in [0.15, 0.2) is 47.6 Å². The molecule has 1 aromatic heterocycles. The first kappa shape index (κ1) is 16.7. The lowest BCUT2D eigenvalue weighted by atomic mass is 10.1. The lowest BCUT2D eigenvalue weighted by Crippen LogP contribution is -2.20. The lowest BCUT2D eigenvalue weighted by Gasteiger charge is -1.99. The van der Waals surface area contributed by atoms with Crippen molar-refractivity contribution in [3.8, 4) is 0 Å². The summed E-state index contributed by atoms with van der Waals surface area (Å²) in [4.78, 5) is 22.1. The first-order valence-electron chi connectivity index (χ1n) is 7.44. The Morgan fingerprint density at radius 2 is 2.08 bits per heavy atom. The van der Waals surface area contributed by atoms with E-state index in [0.29, 0.717) is 5.56 Å². The summed E-state index contributed by atoms with van der Waals surface area (Å²) in [5.41, 5.74) is 4.95. The Hall–Kier alpha value is -3.13. The van der Waals surface area contributed by atoms with Crippen molar-refractivity contribution in [3.63, 3.8) is 0 Å². The minimum atomic E-state index is -0.470. The van der Waals surface area contributed by atoms with Crippen LogP contribution in [0.4, 0.5) is 5.69 Å². The standard InChI is InChI=1S/C17H14N4O3S/c1-11-2-7-16-14(8-11)15(20-25-16)9-17(22)19-18-10-12-3-5-13(6-4-12)21(23)24/h2-8,10H,9H2,1H3,(H,19,22)/b18-10+. The fourth-order valence-corrected chi connectivity index (χ4v) is 3.06. The molecule has 0 radical (unpaired) electrons. The van der Waals surface area contributed by atoms with E-state index in [0.717, 1.165) is 21.3 Å². The van der Waals surface area contributed by atoms with Crippen LogP contribution in [-0.2, 0) is 11.2 Å². The maximum Gasteiger partial charge on any atom is 0.269 e. The molecule has 1 N–H and O–H groups in total. The summed E-state index contributed by atoms with van der Waals surface area (Å²) < 4.78 is 5.38. The van der Waals surface area contributed by atoms with Crippen molar-refractivity contribution in [2.45, 2.75) is 13.3 Å². The zero-order chi connectivity index (χ0) is 17.8. The molecule has 0 bridgehead atoms. The number of nitrogens with one attached hydrogen (secondary N) is 1. The van der Waals surface area contributed by atoms with Gasteiger partial charge in [-0.1, -0.05) is 11.6 Å². The van der Waals surface area contributed by atoms with Gasteiger partial charge in [-0.15, -0.1) is 0 Å². The number of nitrogens with zero attached hydrogens (tertiary/aromatic N) is 3. The van der Waals surface area contributed by atoms with E-state index in [2.05, 4.69) is 14.9 Å². The molecule has 0 aliphatic rings. The predicted octanol–water partition coefficient (Wildman–Crippen LogP) is 3.21. The van der Waals surface area contributed by atoms with Crippen molar-refractivity contribution in [1.82, 2.24) is 9.80 Å². The van der Waals surface area contributed by atoms with Crippen LogP contribution in [0.1, 0.15) is 16.8 Å². The Bertz CT molecular complexity index is 964. The first-order valence-corrected chi connectivity index (χ1v) is 8.21.